The van der Waals surface area contributed by atoms with Crippen LogP contribution in [0.15, 0.2) is 42.5 Å². The van der Waals surface area contributed by atoms with Crippen molar-refractivity contribution in [2.45, 2.75) is 12.2 Å². The molecule has 4 nitrogen and oxygen atoms in total. The Morgan fingerprint density at radius 3 is 2.76 bits per heavy atom. The quantitative estimate of drug-likeness (QED) is 0.840. The van der Waals surface area contributed by atoms with Crippen molar-refractivity contribution in [3.8, 4) is 11.5 Å². The van der Waals surface area contributed by atoms with Crippen LogP contribution in [0.25, 0.3) is 0 Å². The molecule has 136 valence electrons. The highest BCUT2D eigenvalue weighted by atomic mass is 35.5. The number of ether oxygens (including phenoxy) is 3. The summed E-state index contributed by atoms with van der Waals surface area (Å²) < 4.78 is 30.7. The van der Waals surface area contributed by atoms with E-state index < -0.39 is 6.10 Å². The standard InChI is InChI=1S/C18H19ClFNO3.ClH/c1-22-16-10-14(20)5-6-15(16)24-18(17-11-21-7-8-23-17)12-3-2-4-13(19)9-12;/h2-6,9-10,17-18,21H,7-8,11H2,1H3;1H/t17-,18-;/m0./s1. The highest BCUT2D eigenvalue weighted by Crippen LogP contribution is 2.34. The minimum Gasteiger partial charge on any atom is -0.493 e. The number of rotatable bonds is 5. The average molecular weight is 388 g/mol. The number of methoxy groups -OCH3 is 1. The monoisotopic (exact) mass is 387 g/mol. The number of benzene rings is 2. The highest BCUT2D eigenvalue weighted by molar-refractivity contribution is 6.30. The van der Waals surface area contributed by atoms with Gasteiger partial charge in [0.25, 0.3) is 0 Å². The van der Waals surface area contributed by atoms with Crippen LogP contribution in [0.2, 0.25) is 5.02 Å². The first-order valence-electron chi connectivity index (χ1n) is 7.75. The fourth-order valence-electron chi connectivity index (χ4n) is 2.70. The molecule has 1 N–H and O–H groups in total. The maximum Gasteiger partial charge on any atom is 0.163 e. The summed E-state index contributed by atoms with van der Waals surface area (Å²) in [4.78, 5) is 0. The molecular weight excluding hydrogens is 368 g/mol. The fourth-order valence-corrected chi connectivity index (χ4v) is 2.90. The van der Waals surface area contributed by atoms with E-state index in [0.717, 1.165) is 12.1 Å². The molecule has 1 aliphatic rings. The zero-order valence-corrected chi connectivity index (χ0v) is 15.3. The van der Waals surface area contributed by atoms with Gasteiger partial charge >= 0.3 is 0 Å². The van der Waals surface area contributed by atoms with Crippen LogP contribution in [0, 0.1) is 5.82 Å². The van der Waals surface area contributed by atoms with Crippen molar-refractivity contribution >= 4 is 24.0 Å². The second kappa shape index (κ2) is 9.25. The molecule has 25 heavy (non-hydrogen) atoms. The normalized spacial score (nSPS) is 18.1. The summed E-state index contributed by atoms with van der Waals surface area (Å²) >= 11 is 6.12. The number of nitrogens with one attached hydrogen (secondary N) is 1. The van der Waals surface area contributed by atoms with Gasteiger partial charge in [0.2, 0.25) is 0 Å². The van der Waals surface area contributed by atoms with E-state index in [1.54, 1.807) is 12.1 Å². The van der Waals surface area contributed by atoms with Crippen LogP contribution in [-0.4, -0.2) is 32.9 Å². The molecule has 1 heterocycles. The summed E-state index contributed by atoms with van der Waals surface area (Å²) in [7, 11) is 1.48. The van der Waals surface area contributed by atoms with E-state index in [4.69, 9.17) is 25.8 Å². The Bertz CT molecular complexity index is 696. The first-order chi connectivity index (χ1) is 11.7. The Kier molecular flexibility index (Phi) is 7.32. The van der Waals surface area contributed by atoms with Crippen molar-refractivity contribution in [2.24, 2.45) is 0 Å². The Balaban J connectivity index is 0.00000225. The lowest BCUT2D eigenvalue weighted by Gasteiger charge is -2.32. The maximum absolute atomic E-state index is 13.4. The van der Waals surface area contributed by atoms with E-state index in [9.17, 15) is 4.39 Å². The predicted octanol–water partition coefficient (Wildman–Crippen LogP) is 4.02. The van der Waals surface area contributed by atoms with Crippen molar-refractivity contribution in [2.75, 3.05) is 26.8 Å². The van der Waals surface area contributed by atoms with Crippen molar-refractivity contribution < 1.29 is 18.6 Å². The van der Waals surface area contributed by atoms with E-state index in [0.29, 0.717) is 29.7 Å². The Labute approximate surface area is 157 Å². The van der Waals surface area contributed by atoms with Crippen LogP contribution < -0.4 is 14.8 Å². The predicted molar refractivity (Wildman–Crippen MR) is 97.6 cm³/mol. The van der Waals surface area contributed by atoms with E-state index in [1.165, 1.54) is 19.2 Å². The van der Waals surface area contributed by atoms with Gasteiger partial charge in [0.05, 0.1) is 13.7 Å². The highest BCUT2D eigenvalue weighted by Gasteiger charge is 2.29. The average Bonchev–Trinajstić information content (AvgIpc) is 2.61. The molecule has 0 bridgehead atoms. The van der Waals surface area contributed by atoms with E-state index in [-0.39, 0.29) is 24.3 Å². The second-order valence-electron chi connectivity index (χ2n) is 5.50. The third-order valence-electron chi connectivity index (χ3n) is 3.85. The van der Waals surface area contributed by atoms with Crippen molar-refractivity contribution in [3.63, 3.8) is 0 Å². The topological polar surface area (TPSA) is 39.7 Å². The Morgan fingerprint density at radius 1 is 1.24 bits per heavy atom. The van der Waals surface area contributed by atoms with Gasteiger partial charge in [-0.1, -0.05) is 23.7 Å². The van der Waals surface area contributed by atoms with Crippen LogP contribution in [0.1, 0.15) is 11.7 Å². The van der Waals surface area contributed by atoms with Crippen LogP contribution in [0.5, 0.6) is 11.5 Å². The summed E-state index contributed by atoms with van der Waals surface area (Å²) in [6.07, 6.45) is -0.581. The lowest BCUT2D eigenvalue weighted by molar-refractivity contribution is -0.0438. The van der Waals surface area contributed by atoms with Crippen LogP contribution in [0.4, 0.5) is 4.39 Å². The smallest absolute Gasteiger partial charge is 0.163 e. The Hall–Kier alpha value is -1.53. The van der Waals surface area contributed by atoms with Crippen LogP contribution in [-0.2, 0) is 4.74 Å². The lowest BCUT2D eigenvalue weighted by atomic mass is 10.0. The summed E-state index contributed by atoms with van der Waals surface area (Å²) in [6, 6.07) is 11.6. The minimum absolute atomic E-state index is 0. The first kappa shape index (κ1) is 19.8. The van der Waals surface area contributed by atoms with Crippen molar-refractivity contribution in [1.82, 2.24) is 5.32 Å². The molecule has 0 amide bonds. The fraction of sp³-hybridized carbons (Fsp3) is 0.333. The summed E-state index contributed by atoms with van der Waals surface area (Å²) in [5, 5.41) is 3.92. The molecule has 2 aromatic rings. The summed E-state index contributed by atoms with van der Waals surface area (Å²) in [5.41, 5.74) is 0.891. The van der Waals surface area contributed by atoms with Gasteiger partial charge in [0.1, 0.15) is 11.9 Å². The number of hydrogen-bond acceptors (Lipinski definition) is 4. The van der Waals surface area contributed by atoms with Gasteiger partial charge in [-0.05, 0) is 29.8 Å². The molecule has 0 spiro atoms. The lowest BCUT2D eigenvalue weighted by Crippen LogP contribution is -2.43. The van der Waals surface area contributed by atoms with Gasteiger partial charge in [-0.3, -0.25) is 0 Å². The zero-order chi connectivity index (χ0) is 16.9. The maximum atomic E-state index is 13.4. The van der Waals surface area contributed by atoms with Gasteiger partial charge in [-0.15, -0.1) is 12.4 Å². The van der Waals surface area contributed by atoms with Gasteiger partial charge in [-0.2, -0.15) is 0 Å². The second-order valence-corrected chi connectivity index (χ2v) is 5.94. The number of halogens is 3. The molecule has 3 rings (SSSR count). The molecule has 1 fully saturated rings. The molecule has 1 aliphatic heterocycles. The zero-order valence-electron chi connectivity index (χ0n) is 13.7. The van der Waals surface area contributed by atoms with Crippen molar-refractivity contribution in [3.05, 3.63) is 58.9 Å². The molecule has 2 aromatic carbocycles. The van der Waals surface area contributed by atoms with Gasteiger partial charge < -0.3 is 19.5 Å². The third kappa shape index (κ3) is 4.98. The SMILES string of the molecule is COc1cc(F)ccc1O[C@@H](c1cccc(Cl)c1)[C@@H]1CNCCO1.Cl. The first-order valence-corrected chi connectivity index (χ1v) is 8.13. The van der Waals surface area contributed by atoms with E-state index in [1.807, 2.05) is 18.2 Å². The van der Waals surface area contributed by atoms with E-state index >= 15 is 0 Å². The number of hydrogen-bond donors (Lipinski definition) is 1. The van der Waals surface area contributed by atoms with Crippen LogP contribution in [0.3, 0.4) is 0 Å². The molecule has 7 heteroatoms. The molecule has 2 atom stereocenters. The van der Waals surface area contributed by atoms with Gasteiger partial charge in [-0.25, -0.2) is 4.39 Å². The van der Waals surface area contributed by atoms with E-state index in [2.05, 4.69) is 5.32 Å². The minimum atomic E-state index is -0.393. The van der Waals surface area contributed by atoms with Gasteiger partial charge in [0, 0.05) is 24.2 Å². The molecule has 0 unspecified atom stereocenters. The molecule has 0 saturated carbocycles. The van der Waals surface area contributed by atoms with Gasteiger partial charge in [0.15, 0.2) is 17.6 Å². The largest absolute Gasteiger partial charge is 0.493 e. The Morgan fingerprint density at radius 2 is 2.08 bits per heavy atom. The molecular formula is C18H20Cl2FNO3. The molecule has 1 saturated heterocycles. The molecule has 0 aliphatic carbocycles. The molecule has 0 radical (unpaired) electrons. The van der Waals surface area contributed by atoms with Crippen LogP contribution >= 0.6 is 24.0 Å². The number of morpholine rings is 1. The summed E-state index contributed by atoms with van der Waals surface area (Å²) in [5.74, 6) is 0.415. The molecule has 0 aromatic heterocycles. The van der Waals surface area contributed by atoms with Crippen molar-refractivity contribution in [1.29, 1.82) is 0 Å². The third-order valence-corrected chi connectivity index (χ3v) is 4.09. The summed E-state index contributed by atoms with van der Waals surface area (Å²) in [6.45, 7) is 2.06.